The Bertz CT molecular complexity index is 353. The van der Waals surface area contributed by atoms with Gasteiger partial charge in [0, 0.05) is 37.1 Å². The van der Waals surface area contributed by atoms with Crippen molar-refractivity contribution in [2.75, 3.05) is 32.4 Å². The molecule has 0 aliphatic carbocycles. The van der Waals surface area contributed by atoms with Gasteiger partial charge in [0.25, 0.3) is 0 Å². The molecule has 1 aliphatic rings. The second-order valence-electron chi connectivity index (χ2n) is 4.86. The third kappa shape index (κ3) is 5.45. The number of benzene rings is 1. The van der Waals surface area contributed by atoms with Crippen molar-refractivity contribution in [2.45, 2.75) is 30.7 Å². The largest absolute Gasteiger partial charge is 0.314 e. The lowest BCUT2D eigenvalue weighted by Gasteiger charge is -2.35. The van der Waals surface area contributed by atoms with E-state index in [4.69, 9.17) is 0 Å². The number of piperazine rings is 1. The molecule has 0 amide bonds. The van der Waals surface area contributed by atoms with Gasteiger partial charge in [-0.2, -0.15) is 0 Å². The van der Waals surface area contributed by atoms with E-state index in [0.29, 0.717) is 6.04 Å². The average molecular weight is 337 g/mol. The third-order valence-corrected chi connectivity index (χ3v) is 4.40. The average Bonchev–Trinajstić information content (AvgIpc) is 2.46. The number of rotatable bonds is 5. The van der Waals surface area contributed by atoms with Crippen LogP contribution in [-0.2, 0) is 0 Å². The third-order valence-electron chi connectivity index (χ3n) is 3.66. The van der Waals surface area contributed by atoms with Crippen LogP contribution < -0.4 is 5.32 Å². The first-order valence-corrected chi connectivity index (χ1v) is 8.16. The van der Waals surface area contributed by atoms with E-state index in [1.54, 1.807) is 0 Å². The van der Waals surface area contributed by atoms with Crippen molar-refractivity contribution in [3.63, 3.8) is 0 Å². The minimum Gasteiger partial charge on any atom is -0.314 e. The molecule has 2 nitrogen and oxygen atoms in total. The van der Waals surface area contributed by atoms with Crippen LogP contribution in [0.4, 0.5) is 0 Å². The van der Waals surface area contributed by atoms with Crippen molar-refractivity contribution in [2.24, 2.45) is 0 Å². The van der Waals surface area contributed by atoms with Crippen LogP contribution in [-0.4, -0.2) is 37.3 Å². The number of hydrogen-bond acceptors (Lipinski definition) is 3. The van der Waals surface area contributed by atoms with E-state index in [-0.39, 0.29) is 24.8 Å². The Hall–Kier alpha value is 0.0700. The van der Waals surface area contributed by atoms with E-state index >= 15 is 0 Å². The molecule has 20 heavy (non-hydrogen) atoms. The summed E-state index contributed by atoms with van der Waals surface area (Å²) in [5.41, 5.74) is 1.48. The van der Waals surface area contributed by atoms with Crippen molar-refractivity contribution >= 4 is 36.6 Å². The molecule has 1 N–H and O–H groups in total. The van der Waals surface area contributed by atoms with Crippen LogP contribution in [0.1, 0.15) is 31.4 Å². The van der Waals surface area contributed by atoms with E-state index in [1.165, 1.54) is 36.4 Å². The van der Waals surface area contributed by atoms with Gasteiger partial charge in [0.1, 0.15) is 0 Å². The second kappa shape index (κ2) is 10.7. The van der Waals surface area contributed by atoms with Gasteiger partial charge in [0.05, 0.1) is 0 Å². The molecule has 1 aromatic rings. The number of nitrogens with one attached hydrogen (secondary N) is 1. The highest BCUT2D eigenvalue weighted by atomic mass is 35.5. The molecule has 0 radical (unpaired) electrons. The summed E-state index contributed by atoms with van der Waals surface area (Å²) >= 11 is 1.81. The highest BCUT2D eigenvalue weighted by Crippen LogP contribution is 2.27. The molecule has 0 saturated carbocycles. The van der Waals surface area contributed by atoms with Gasteiger partial charge in [-0.25, -0.2) is 0 Å². The summed E-state index contributed by atoms with van der Waals surface area (Å²) in [7, 11) is 0. The van der Waals surface area contributed by atoms with Crippen LogP contribution in [0.15, 0.2) is 29.2 Å². The molecule has 0 unspecified atom stereocenters. The minimum absolute atomic E-state index is 0. The van der Waals surface area contributed by atoms with Gasteiger partial charge in [-0.15, -0.1) is 36.6 Å². The summed E-state index contributed by atoms with van der Waals surface area (Å²) in [6, 6.07) is 9.74. The number of hydrogen-bond donors (Lipinski definition) is 1. The van der Waals surface area contributed by atoms with Gasteiger partial charge in [0.15, 0.2) is 0 Å². The van der Waals surface area contributed by atoms with Gasteiger partial charge in [-0.05, 0) is 30.4 Å². The predicted molar refractivity (Wildman–Crippen MR) is 94.8 cm³/mol. The first-order valence-electron chi connectivity index (χ1n) is 6.94. The molecule has 116 valence electrons. The van der Waals surface area contributed by atoms with E-state index < -0.39 is 0 Å². The maximum atomic E-state index is 3.44. The molecule has 1 heterocycles. The topological polar surface area (TPSA) is 15.3 Å². The number of nitrogens with zero attached hydrogens (tertiary/aromatic N) is 1. The maximum absolute atomic E-state index is 3.44. The second-order valence-corrected chi connectivity index (χ2v) is 5.74. The fraction of sp³-hybridized carbons (Fsp3) is 0.600. The van der Waals surface area contributed by atoms with Crippen molar-refractivity contribution in [3.05, 3.63) is 29.8 Å². The van der Waals surface area contributed by atoms with Gasteiger partial charge < -0.3 is 5.32 Å². The Morgan fingerprint density at radius 1 is 1.15 bits per heavy atom. The Morgan fingerprint density at radius 2 is 1.75 bits per heavy atom. The minimum atomic E-state index is 0. The van der Waals surface area contributed by atoms with Gasteiger partial charge in [-0.1, -0.05) is 25.5 Å². The lowest BCUT2D eigenvalue weighted by molar-refractivity contribution is 0.164. The van der Waals surface area contributed by atoms with Crippen LogP contribution in [0, 0.1) is 0 Å². The van der Waals surface area contributed by atoms with Crippen LogP contribution in [0.5, 0.6) is 0 Å². The summed E-state index contributed by atoms with van der Waals surface area (Å²) in [6.07, 6.45) is 4.65. The summed E-state index contributed by atoms with van der Waals surface area (Å²) in [5.74, 6) is 0. The Kier molecular flexibility index (Phi) is 10.8. The van der Waals surface area contributed by atoms with Crippen LogP contribution in [0.25, 0.3) is 0 Å². The summed E-state index contributed by atoms with van der Waals surface area (Å²) in [4.78, 5) is 3.99. The molecule has 1 saturated heterocycles. The zero-order valence-corrected chi connectivity index (χ0v) is 14.8. The van der Waals surface area contributed by atoms with Crippen LogP contribution in [0.3, 0.4) is 0 Å². The number of halogens is 2. The fourth-order valence-electron chi connectivity index (χ4n) is 2.65. The lowest BCUT2D eigenvalue weighted by Crippen LogP contribution is -2.45. The van der Waals surface area contributed by atoms with Crippen molar-refractivity contribution < 1.29 is 0 Å². The van der Waals surface area contributed by atoms with Crippen molar-refractivity contribution in [1.29, 1.82) is 0 Å². The fourth-order valence-corrected chi connectivity index (χ4v) is 3.06. The zero-order valence-electron chi connectivity index (χ0n) is 12.3. The molecule has 1 aliphatic heterocycles. The van der Waals surface area contributed by atoms with Gasteiger partial charge in [0.2, 0.25) is 0 Å². The molecular weight excluding hydrogens is 311 g/mol. The summed E-state index contributed by atoms with van der Waals surface area (Å²) in [6.45, 7) is 6.89. The maximum Gasteiger partial charge on any atom is 0.0349 e. The molecular formula is C15H26Cl2N2S. The Balaban J connectivity index is 0.00000180. The molecule has 1 atom stereocenters. The van der Waals surface area contributed by atoms with Gasteiger partial charge in [-0.3, -0.25) is 4.90 Å². The van der Waals surface area contributed by atoms with Crippen molar-refractivity contribution in [3.8, 4) is 0 Å². The molecule has 0 bridgehead atoms. The van der Waals surface area contributed by atoms with E-state index in [9.17, 15) is 0 Å². The normalized spacial score (nSPS) is 16.9. The standard InChI is InChI=1S/C15H24N2S.2ClH/c1-3-4-15(17-11-9-16-10-12-17)13-5-7-14(18-2)8-6-13;;/h5-8,15-16H,3-4,9-12H2,1-2H3;2*1H/t15-;;/m1../s1. The van der Waals surface area contributed by atoms with E-state index in [1.807, 2.05) is 11.8 Å². The number of thioether (sulfide) groups is 1. The quantitative estimate of drug-likeness (QED) is 0.818. The smallest absolute Gasteiger partial charge is 0.0349 e. The summed E-state index contributed by atoms with van der Waals surface area (Å²) < 4.78 is 0. The highest BCUT2D eigenvalue weighted by molar-refractivity contribution is 7.98. The molecule has 0 spiro atoms. The highest BCUT2D eigenvalue weighted by Gasteiger charge is 2.21. The molecule has 5 heteroatoms. The predicted octanol–water partition coefficient (Wildman–Crippen LogP) is 4.00. The molecule has 1 aromatic carbocycles. The monoisotopic (exact) mass is 336 g/mol. The van der Waals surface area contributed by atoms with E-state index in [0.717, 1.165) is 13.1 Å². The van der Waals surface area contributed by atoms with Crippen LogP contribution >= 0.6 is 36.6 Å². The molecule has 2 rings (SSSR count). The molecule has 0 aromatic heterocycles. The SMILES string of the molecule is CCC[C@H](c1ccc(SC)cc1)N1CCNCC1.Cl.Cl. The van der Waals surface area contributed by atoms with Gasteiger partial charge >= 0.3 is 0 Å². The summed E-state index contributed by atoms with van der Waals surface area (Å²) in [5, 5.41) is 3.44. The van der Waals surface area contributed by atoms with E-state index in [2.05, 4.69) is 47.7 Å². The Morgan fingerprint density at radius 3 is 2.25 bits per heavy atom. The lowest BCUT2D eigenvalue weighted by atomic mass is 10.00. The zero-order chi connectivity index (χ0) is 12.8. The van der Waals surface area contributed by atoms with Crippen molar-refractivity contribution in [1.82, 2.24) is 10.2 Å². The first-order chi connectivity index (χ1) is 8.85. The Labute approximate surface area is 139 Å². The van der Waals surface area contributed by atoms with Crippen LogP contribution in [0.2, 0.25) is 0 Å². The molecule has 1 fully saturated rings. The first kappa shape index (κ1) is 20.1.